The molecule has 0 aromatic heterocycles. The van der Waals surface area contributed by atoms with Crippen molar-refractivity contribution in [2.75, 3.05) is 26.9 Å². The van der Waals surface area contributed by atoms with Crippen molar-refractivity contribution in [2.24, 2.45) is 0 Å². The van der Waals surface area contributed by atoms with Gasteiger partial charge in [-0.2, -0.15) is 0 Å². The Morgan fingerprint density at radius 2 is 2.05 bits per heavy atom. The second-order valence-electron chi connectivity index (χ2n) is 4.48. The minimum absolute atomic E-state index is 0.0109. The van der Waals surface area contributed by atoms with Gasteiger partial charge in [-0.3, -0.25) is 0 Å². The Kier molecular flexibility index (Phi) is 8.02. The Bertz CT molecular complexity index is 362. The zero-order chi connectivity index (χ0) is 14.1. The second-order valence-corrected chi connectivity index (χ2v) is 4.88. The molecule has 19 heavy (non-hydrogen) atoms. The fourth-order valence-corrected chi connectivity index (χ4v) is 1.83. The van der Waals surface area contributed by atoms with Crippen molar-refractivity contribution in [1.29, 1.82) is 0 Å². The molecule has 0 saturated carbocycles. The van der Waals surface area contributed by atoms with Crippen LogP contribution in [0.3, 0.4) is 0 Å². The maximum absolute atomic E-state index is 9.75. The summed E-state index contributed by atoms with van der Waals surface area (Å²) >= 11 is 6.04. The fourth-order valence-electron chi connectivity index (χ4n) is 1.63. The quantitative estimate of drug-likeness (QED) is 0.728. The van der Waals surface area contributed by atoms with Crippen molar-refractivity contribution in [3.05, 3.63) is 34.9 Å². The van der Waals surface area contributed by atoms with Crippen LogP contribution in [0.2, 0.25) is 5.02 Å². The van der Waals surface area contributed by atoms with Crippen molar-refractivity contribution in [1.82, 2.24) is 5.32 Å². The number of ether oxygens (including phenoxy) is 2. The standard InChI is InChI=1S/C14H22ClNO3/c1-11(9-18-2)19-10-13(17)8-16-7-12-5-3-4-6-14(12)15/h3-6,11,13,16-17H,7-10H2,1-2H3. The molecular weight excluding hydrogens is 266 g/mol. The highest BCUT2D eigenvalue weighted by Gasteiger charge is 2.08. The first kappa shape index (κ1) is 16.4. The number of aliphatic hydroxyl groups is 1. The van der Waals surface area contributed by atoms with Crippen LogP contribution in [0.25, 0.3) is 0 Å². The van der Waals surface area contributed by atoms with Gasteiger partial charge in [-0.1, -0.05) is 29.8 Å². The third-order valence-electron chi connectivity index (χ3n) is 2.63. The molecule has 0 heterocycles. The van der Waals surface area contributed by atoms with Gasteiger partial charge in [-0.25, -0.2) is 0 Å². The summed E-state index contributed by atoms with van der Waals surface area (Å²) in [4.78, 5) is 0. The van der Waals surface area contributed by atoms with Gasteiger partial charge in [0.25, 0.3) is 0 Å². The second kappa shape index (κ2) is 9.28. The summed E-state index contributed by atoms with van der Waals surface area (Å²) in [7, 11) is 1.63. The zero-order valence-electron chi connectivity index (χ0n) is 11.4. The van der Waals surface area contributed by atoms with E-state index in [0.29, 0.717) is 26.3 Å². The van der Waals surface area contributed by atoms with Crippen LogP contribution >= 0.6 is 11.6 Å². The molecule has 0 aliphatic heterocycles. The van der Waals surface area contributed by atoms with E-state index in [9.17, 15) is 5.11 Å². The molecule has 1 aromatic rings. The average Bonchev–Trinajstić information content (AvgIpc) is 2.39. The average molecular weight is 288 g/mol. The van der Waals surface area contributed by atoms with Crippen molar-refractivity contribution in [3.8, 4) is 0 Å². The highest BCUT2D eigenvalue weighted by atomic mass is 35.5. The van der Waals surface area contributed by atoms with Crippen molar-refractivity contribution in [2.45, 2.75) is 25.7 Å². The van der Waals surface area contributed by atoms with Gasteiger partial charge < -0.3 is 19.9 Å². The molecule has 2 unspecified atom stereocenters. The number of hydrogen-bond acceptors (Lipinski definition) is 4. The maximum atomic E-state index is 9.75. The molecule has 2 atom stereocenters. The predicted molar refractivity (Wildman–Crippen MR) is 76.5 cm³/mol. The summed E-state index contributed by atoms with van der Waals surface area (Å²) in [6.07, 6.45) is -0.551. The lowest BCUT2D eigenvalue weighted by Gasteiger charge is -2.16. The van der Waals surface area contributed by atoms with Gasteiger partial charge in [0.2, 0.25) is 0 Å². The molecule has 0 radical (unpaired) electrons. The lowest BCUT2D eigenvalue weighted by molar-refractivity contribution is -0.0311. The largest absolute Gasteiger partial charge is 0.389 e. The number of halogens is 1. The van der Waals surface area contributed by atoms with Crippen molar-refractivity contribution >= 4 is 11.6 Å². The van der Waals surface area contributed by atoms with Crippen molar-refractivity contribution in [3.63, 3.8) is 0 Å². The summed E-state index contributed by atoms with van der Waals surface area (Å²) in [6, 6.07) is 7.64. The monoisotopic (exact) mass is 287 g/mol. The van der Waals surface area contributed by atoms with Crippen LogP contribution in [-0.4, -0.2) is 44.2 Å². The molecule has 0 saturated heterocycles. The van der Waals surface area contributed by atoms with E-state index in [4.69, 9.17) is 21.1 Å². The number of hydrogen-bond donors (Lipinski definition) is 2. The molecule has 0 spiro atoms. The maximum Gasteiger partial charge on any atom is 0.0897 e. The minimum atomic E-state index is -0.540. The van der Waals surface area contributed by atoms with Crippen LogP contribution < -0.4 is 5.32 Å². The Hall–Kier alpha value is -0.650. The fraction of sp³-hybridized carbons (Fsp3) is 0.571. The van der Waals surface area contributed by atoms with Crippen LogP contribution in [0.4, 0.5) is 0 Å². The minimum Gasteiger partial charge on any atom is -0.389 e. The van der Waals surface area contributed by atoms with E-state index < -0.39 is 6.10 Å². The normalized spacial score (nSPS) is 14.3. The number of benzene rings is 1. The molecule has 5 heteroatoms. The van der Waals surface area contributed by atoms with E-state index in [2.05, 4.69) is 5.32 Å². The van der Waals surface area contributed by atoms with Crippen molar-refractivity contribution < 1.29 is 14.6 Å². The first-order valence-corrected chi connectivity index (χ1v) is 6.74. The summed E-state index contributed by atoms with van der Waals surface area (Å²) < 4.78 is 10.4. The highest BCUT2D eigenvalue weighted by Crippen LogP contribution is 2.14. The van der Waals surface area contributed by atoms with Gasteiger partial charge in [-0.15, -0.1) is 0 Å². The smallest absolute Gasteiger partial charge is 0.0897 e. The van der Waals surface area contributed by atoms with E-state index in [-0.39, 0.29) is 6.10 Å². The number of rotatable bonds is 9. The zero-order valence-corrected chi connectivity index (χ0v) is 12.2. The lowest BCUT2D eigenvalue weighted by Crippen LogP contribution is -2.32. The van der Waals surface area contributed by atoms with Gasteiger partial charge in [0.05, 0.1) is 25.4 Å². The topological polar surface area (TPSA) is 50.7 Å². The number of nitrogens with one attached hydrogen (secondary N) is 1. The molecule has 0 fully saturated rings. The Morgan fingerprint density at radius 1 is 1.32 bits per heavy atom. The molecule has 2 N–H and O–H groups in total. The van der Waals surface area contributed by atoms with Gasteiger partial charge >= 0.3 is 0 Å². The van der Waals surface area contributed by atoms with Gasteiger partial charge in [0, 0.05) is 25.2 Å². The molecule has 0 aliphatic carbocycles. The summed E-state index contributed by atoms with van der Waals surface area (Å²) in [5, 5.41) is 13.6. The predicted octanol–water partition coefficient (Wildman–Crippen LogP) is 1.84. The SMILES string of the molecule is COCC(C)OCC(O)CNCc1ccccc1Cl. The van der Waals surface area contributed by atoms with E-state index in [1.54, 1.807) is 7.11 Å². The van der Waals surface area contributed by atoms with E-state index in [0.717, 1.165) is 10.6 Å². The van der Waals surface area contributed by atoms with E-state index >= 15 is 0 Å². The first-order valence-electron chi connectivity index (χ1n) is 6.36. The molecule has 4 nitrogen and oxygen atoms in total. The molecule has 0 amide bonds. The lowest BCUT2D eigenvalue weighted by atomic mass is 10.2. The van der Waals surface area contributed by atoms with Crippen LogP contribution in [0, 0.1) is 0 Å². The number of methoxy groups -OCH3 is 1. The van der Waals surface area contributed by atoms with Gasteiger partial charge in [0.1, 0.15) is 0 Å². The Labute approximate surface area is 119 Å². The van der Waals surface area contributed by atoms with E-state index in [1.807, 2.05) is 31.2 Å². The first-order chi connectivity index (χ1) is 9.13. The Balaban J connectivity index is 2.17. The summed E-state index contributed by atoms with van der Waals surface area (Å²) in [5.74, 6) is 0. The molecule has 108 valence electrons. The summed E-state index contributed by atoms with van der Waals surface area (Å²) in [6.45, 7) is 3.82. The third-order valence-corrected chi connectivity index (χ3v) is 3.00. The molecule has 1 aromatic carbocycles. The summed E-state index contributed by atoms with van der Waals surface area (Å²) in [5.41, 5.74) is 1.02. The van der Waals surface area contributed by atoms with Crippen LogP contribution in [0.1, 0.15) is 12.5 Å². The van der Waals surface area contributed by atoms with Crippen LogP contribution in [-0.2, 0) is 16.0 Å². The Morgan fingerprint density at radius 3 is 2.74 bits per heavy atom. The highest BCUT2D eigenvalue weighted by molar-refractivity contribution is 6.31. The molecule has 0 bridgehead atoms. The van der Waals surface area contributed by atoms with Gasteiger partial charge in [0.15, 0.2) is 0 Å². The number of aliphatic hydroxyl groups excluding tert-OH is 1. The van der Waals surface area contributed by atoms with Gasteiger partial charge in [-0.05, 0) is 18.6 Å². The van der Waals surface area contributed by atoms with Crippen LogP contribution in [0.15, 0.2) is 24.3 Å². The third kappa shape index (κ3) is 6.89. The molecular formula is C14H22ClNO3. The van der Waals surface area contributed by atoms with E-state index in [1.165, 1.54) is 0 Å². The van der Waals surface area contributed by atoms with Crippen LogP contribution in [0.5, 0.6) is 0 Å². The molecule has 1 rings (SSSR count). The molecule has 0 aliphatic rings.